The van der Waals surface area contributed by atoms with E-state index in [2.05, 4.69) is 6.58 Å². The van der Waals surface area contributed by atoms with E-state index < -0.39 is 5.79 Å². The van der Waals surface area contributed by atoms with E-state index in [1.54, 1.807) is 6.08 Å². The van der Waals surface area contributed by atoms with Crippen LogP contribution in [0.25, 0.3) is 0 Å². The largest absolute Gasteiger partial charge is 0.343 e. The van der Waals surface area contributed by atoms with Gasteiger partial charge in [-0.05, 0) is 19.4 Å². The van der Waals surface area contributed by atoms with E-state index in [0.717, 1.165) is 5.56 Å². The van der Waals surface area contributed by atoms with E-state index in [9.17, 15) is 5.21 Å². The third kappa shape index (κ3) is 3.88. The standard InChI is InChI=1S/C15H21NO3/c1-4-13-14(19-15(2,3)18-13)11-16(17)10-12-8-6-5-7-9-12/h4-9,13-14,17H,1,10-11H2,2-3H3/t13-,14+/m1/s1. The molecule has 4 heteroatoms. The van der Waals surface area contributed by atoms with Gasteiger partial charge in [0.1, 0.15) is 12.2 Å². The summed E-state index contributed by atoms with van der Waals surface area (Å²) in [6.45, 7) is 8.32. The Kier molecular flexibility index (Phi) is 4.37. The Bertz CT molecular complexity index is 419. The van der Waals surface area contributed by atoms with Gasteiger partial charge in [0.2, 0.25) is 0 Å². The minimum Gasteiger partial charge on any atom is -0.343 e. The van der Waals surface area contributed by atoms with Gasteiger partial charge in [-0.2, -0.15) is 5.06 Å². The summed E-state index contributed by atoms with van der Waals surface area (Å²) in [5.74, 6) is -0.628. The lowest BCUT2D eigenvalue weighted by molar-refractivity contribution is -0.163. The molecule has 4 nitrogen and oxygen atoms in total. The first-order valence-electron chi connectivity index (χ1n) is 6.46. The number of rotatable bonds is 5. The summed E-state index contributed by atoms with van der Waals surface area (Å²) >= 11 is 0. The predicted octanol–water partition coefficient (Wildman–Crippen LogP) is 2.58. The van der Waals surface area contributed by atoms with Crippen LogP contribution in [0.4, 0.5) is 0 Å². The van der Waals surface area contributed by atoms with E-state index in [1.807, 2.05) is 44.2 Å². The summed E-state index contributed by atoms with van der Waals surface area (Å²) in [6.07, 6.45) is 1.32. The van der Waals surface area contributed by atoms with Crippen LogP contribution in [0, 0.1) is 0 Å². The average molecular weight is 263 g/mol. The molecule has 0 bridgehead atoms. The second kappa shape index (κ2) is 5.84. The van der Waals surface area contributed by atoms with Crippen LogP contribution in [-0.2, 0) is 16.0 Å². The third-order valence-electron chi connectivity index (χ3n) is 3.05. The summed E-state index contributed by atoms with van der Waals surface area (Å²) in [6, 6.07) is 9.81. The van der Waals surface area contributed by atoms with Crippen LogP contribution in [0.2, 0.25) is 0 Å². The van der Waals surface area contributed by atoms with E-state index in [4.69, 9.17) is 9.47 Å². The summed E-state index contributed by atoms with van der Waals surface area (Å²) in [4.78, 5) is 0. The Labute approximate surface area is 114 Å². The molecule has 1 aromatic rings. The fraction of sp³-hybridized carbons (Fsp3) is 0.467. The van der Waals surface area contributed by atoms with Gasteiger partial charge in [0.15, 0.2) is 5.79 Å². The molecular weight excluding hydrogens is 242 g/mol. The molecule has 0 saturated carbocycles. The van der Waals surface area contributed by atoms with Crippen molar-refractivity contribution in [2.75, 3.05) is 6.54 Å². The van der Waals surface area contributed by atoms with Crippen molar-refractivity contribution in [1.82, 2.24) is 5.06 Å². The normalized spacial score (nSPS) is 25.7. The minimum absolute atomic E-state index is 0.194. The summed E-state index contributed by atoms with van der Waals surface area (Å²) < 4.78 is 11.4. The maximum atomic E-state index is 10.0. The second-order valence-corrected chi connectivity index (χ2v) is 5.21. The lowest BCUT2D eigenvalue weighted by atomic mass is 10.2. The van der Waals surface area contributed by atoms with Gasteiger partial charge in [-0.1, -0.05) is 36.4 Å². The Morgan fingerprint density at radius 2 is 2.00 bits per heavy atom. The first-order chi connectivity index (χ1) is 9.00. The maximum Gasteiger partial charge on any atom is 0.164 e. The van der Waals surface area contributed by atoms with Crippen molar-refractivity contribution >= 4 is 0 Å². The molecule has 0 amide bonds. The van der Waals surface area contributed by atoms with Gasteiger partial charge in [-0.3, -0.25) is 0 Å². The molecule has 1 heterocycles. The van der Waals surface area contributed by atoms with Gasteiger partial charge in [0.25, 0.3) is 0 Å². The lowest BCUT2D eigenvalue weighted by Gasteiger charge is -2.21. The first kappa shape index (κ1) is 14.2. The van der Waals surface area contributed by atoms with Crippen molar-refractivity contribution in [3.63, 3.8) is 0 Å². The highest BCUT2D eigenvalue weighted by Crippen LogP contribution is 2.29. The third-order valence-corrected chi connectivity index (χ3v) is 3.05. The topological polar surface area (TPSA) is 41.9 Å². The van der Waals surface area contributed by atoms with Gasteiger partial charge in [-0.25, -0.2) is 0 Å². The Hall–Kier alpha value is -1.20. The van der Waals surface area contributed by atoms with Crippen LogP contribution in [0.1, 0.15) is 19.4 Å². The predicted molar refractivity (Wildman–Crippen MR) is 72.7 cm³/mol. The van der Waals surface area contributed by atoms with Crippen LogP contribution in [0.15, 0.2) is 43.0 Å². The minimum atomic E-state index is -0.628. The molecule has 0 spiro atoms. The van der Waals surface area contributed by atoms with E-state index in [0.29, 0.717) is 13.1 Å². The first-order valence-corrected chi connectivity index (χ1v) is 6.46. The number of hydrogen-bond acceptors (Lipinski definition) is 4. The van der Waals surface area contributed by atoms with Crippen LogP contribution < -0.4 is 0 Å². The van der Waals surface area contributed by atoms with E-state index >= 15 is 0 Å². The smallest absolute Gasteiger partial charge is 0.164 e. The monoisotopic (exact) mass is 263 g/mol. The highest BCUT2D eigenvalue weighted by atomic mass is 16.8. The molecule has 0 aliphatic carbocycles. The summed E-state index contributed by atoms with van der Waals surface area (Å²) in [5, 5.41) is 11.3. The Morgan fingerprint density at radius 1 is 1.32 bits per heavy atom. The van der Waals surface area contributed by atoms with Gasteiger partial charge < -0.3 is 14.7 Å². The Morgan fingerprint density at radius 3 is 2.63 bits per heavy atom. The quantitative estimate of drug-likeness (QED) is 0.655. The van der Waals surface area contributed by atoms with Crippen LogP contribution in [0.3, 0.4) is 0 Å². The highest BCUT2D eigenvalue weighted by Gasteiger charge is 2.40. The van der Waals surface area contributed by atoms with Crippen LogP contribution in [-0.4, -0.2) is 34.8 Å². The van der Waals surface area contributed by atoms with Crippen LogP contribution in [0.5, 0.6) is 0 Å². The zero-order chi connectivity index (χ0) is 13.9. The number of hydroxylamine groups is 2. The number of ether oxygens (including phenoxy) is 2. The van der Waals surface area contributed by atoms with Crippen molar-refractivity contribution < 1.29 is 14.7 Å². The van der Waals surface area contributed by atoms with Crippen LogP contribution >= 0.6 is 0 Å². The number of nitrogens with zero attached hydrogens (tertiary/aromatic N) is 1. The van der Waals surface area contributed by atoms with Crippen molar-refractivity contribution in [1.29, 1.82) is 0 Å². The molecule has 1 fully saturated rings. The molecule has 1 N–H and O–H groups in total. The molecule has 2 rings (SSSR count). The molecule has 1 aliphatic heterocycles. The molecule has 19 heavy (non-hydrogen) atoms. The highest BCUT2D eigenvalue weighted by molar-refractivity contribution is 5.14. The van der Waals surface area contributed by atoms with Crippen molar-refractivity contribution in [2.45, 2.75) is 38.4 Å². The average Bonchev–Trinajstić information content (AvgIpc) is 2.64. The molecule has 0 aromatic heterocycles. The number of benzene rings is 1. The fourth-order valence-electron chi connectivity index (χ4n) is 2.27. The van der Waals surface area contributed by atoms with Crippen molar-refractivity contribution in [3.8, 4) is 0 Å². The zero-order valence-electron chi connectivity index (χ0n) is 11.5. The molecule has 0 unspecified atom stereocenters. The summed E-state index contributed by atoms with van der Waals surface area (Å²) in [7, 11) is 0. The molecule has 104 valence electrons. The van der Waals surface area contributed by atoms with E-state index in [1.165, 1.54) is 5.06 Å². The Balaban J connectivity index is 1.91. The SMILES string of the molecule is C=C[C@H]1OC(C)(C)O[C@H]1CN(O)Cc1ccccc1. The molecule has 2 atom stereocenters. The fourth-order valence-corrected chi connectivity index (χ4v) is 2.27. The van der Waals surface area contributed by atoms with Gasteiger partial charge in [0.05, 0.1) is 6.54 Å². The van der Waals surface area contributed by atoms with Crippen molar-refractivity contribution in [2.24, 2.45) is 0 Å². The summed E-state index contributed by atoms with van der Waals surface area (Å²) in [5.41, 5.74) is 1.05. The van der Waals surface area contributed by atoms with E-state index in [-0.39, 0.29) is 12.2 Å². The van der Waals surface area contributed by atoms with Gasteiger partial charge >= 0.3 is 0 Å². The van der Waals surface area contributed by atoms with Crippen molar-refractivity contribution in [3.05, 3.63) is 48.6 Å². The molecule has 1 aromatic carbocycles. The second-order valence-electron chi connectivity index (χ2n) is 5.21. The van der Waals surface area contributed by atoms with Gasteiger partial charge in [-0.15, -0.1) is 6.58 Å². The molecular formula is C15H21NO3. The number of hydrogen-bond donors (Lipinski definition) is 1. The molecule has 1 saturated heterocycles. The van der Waals surface area contributed by atoms with Gasteiger partial charge in [0, 0.05) is 6.54 Å². The lowest BCUT2D eigenvalue weighted by Crippen LogP contribution is -2.35. The maximum absolute atomic E-state index is 10.0. The molecule has 1 aliphatic rings. The molecule has 0 radical (unpaired) electrons. The zero-order valence-corrected chi connectivity index (χ0v) is 11.5.